The molecule has 1 aliphatic rings. The van der Waals surface area contributed by atoms with Crippen LogP contribution in [0.3, 0.4) is 0 Å². The van der Waals surface area contributed by atoms with Crippen molar-refractivity contribution in [3.63, 3.8) is 0 Å². The summed E-state index contributed by atoms with van der Waals surface area (Å²) >= 11 is 1.87. The topological polar surface area (TPSA) is 24.1 Å². The Morgan fingerprint density at radius 2 is 2.32 bits per heavy atom. The molecular formula is C16H28N2S. The molecule has 0 radical (unpaired) electrons. The van der Waals surface area contributed by atoms with Gasteiger partial charge in [-0.3, -0.25) is 0 Å². The molecule has 2 N–H and O–H groups in total. The Morgan fingerprint density at radius 3 is 3.05 bits per heavy atom. The van der Waals surface area contributed by atoms with Gasteiger partial charge in [0.25, 0.3) is 0 Å². The second-order valence-corrected chi connectivity index (χ2v) is 6.76. The van der Waals surface area contributed by atoms with Crippen molar-refractivity contribution in [1.29, 1.82) is 0 Å². The fraction of sp³-hybridized carbons (Fsp3) is 0.750. The van der Waals surface area contributed by atoms with E-state index in [0.29, 0.717) is 18.1 Å². The van der Waals surface area contributed by atoms with Crippen molar-refractivity contribution in [3.8, 4) is 0 Å². The first kappa shape index (κ1) is 15.0. The van der Waals surface area contributed by atoms with Crippen LogP contribution in [0.4, 0.5) is 0 Å². The molecule has 0 amide bonds. The average molecular weight is 280 g/mol. The molecule has 1 aromatic rings. The quantitative estimate of drug-likeness (QED) is 0.820. The lowest BCUT2D eigenvalue weighted by Crippen LogP contribution is -2.38. The molecule has 3 unspecified atom stereocenters. The maximum absolute atomic E-state index is 3.81. The summed E-state index contributed by atoms with van der Waals surface area (Å²) in [6.45, 7) is 5.82. The van der Waals surface area contributed by atoms with Crippen molar-refractivity contribution in [2.75, 3.05) is 6.54 Å². The molecule has 0 saturated carbocycles. The average Bonchev–Trinajstić information content (AvgIpc) is 2.82. The Labute approximate surface area is 122 Å². The van der Waals surface area contributed by atoms with Crippen LogP contribution in [0.5, 0.6) is 0 Å². The number of hydrogen-bond donors (Lipinski definition) is 2. The van der Waals surface area contributed by atoms with Crippen LogP contribution in [-0.4, -0.2) is 18.6 Å². The maximum Gasteiger partial charge on any atom is 0.0414 e. The zero-order chi connectivity index (χ0) is 13.5. The predicted octanol–water partition coefficient (Wildman–Crippen LogP) is 4.10. The Bertz CT molecular complexity index is 329. The van der Waals surface area contributed by atoms with Crippen molar-refractivity contribution < 1.29 is 0 Å². The monoisotopic (exact) mass is 280 g/mol. The Kier molecular flexibility index (Phi) is 6.35. The van der Waals surface area contributed by atoms with Gasteiger partial charge in [0.2, 0.25) is 0 Å². The summed E-state index contributed by atoms with van der Waals surface area (Å²) in [6.07, 6.45) is 7.92. The molecule has 3 atom stereocenters. The number of thiophene rings is 1. The van der Waals surface area contributed by atoms with E-state index in [2.05, 4.69) is 42.0 Å². The highest BCUT2D eigenvalue weighted by molar-refractivity contribution is 7.10. The second-order valence-electron chi connectivity index (χ2n) is 5.78. The van der Waals surface area contributed by atoms with Crippen LogP contribution in [0.1, 0.15) is 63.3 Å². The number of hydrogen-bond acceptors (Lipinski definition) is 3. The second kappa shape index (κ2) is 8.03. The van der Waals surface area contributed by atoms with Crippen LogP contribution < -0.4 is 10.6 Å². The first-order valence-electron chi connectivity index (χ1n) is 7.82. The van der Waals surface area contributed by atoms with Gasteiger partial charge >= 0.3 is 0 Å². The molecule has 0 aromatic carbocycles. The van der Waals surface area contributed by atoms with Crippen molar-refractivity contribution in [2.45, 2.75) is 70.5 Å². The molecule has 1 saturated heterocycles. The lowest BCUT2D eigenvalue weighted by Gasteiger charge is -2.25. The molecule has 0 spiro atoms. The highest BCUT2D eigenvalue weighted by Crippen LogP contribution is 2.23. The molecule has 1 aromatic heterocycles. The van der Waals surface area contributed by atoms with Gasteiger partial charge in [-0.15, -0.1) is 11.3 Å². The SMILES string of the molecule is CCC(NC(C)CC1CCCCCN1)c1cccs1. The van der Waals surface area contributed by atoms with Crippen LogP contribution >= 0.6 is 11.3 Å². The minimum absolute atomic E-state index is 0.528. The smallest absolute Gasteiger partial charge is 0.0414 e. The van der Waals surface area contributed by atoms with E-state index in [1.54, 1.807) is 0 Å². The fourth-order valence-electron chi connectivity index (χ4n) is 3.03. The molecule has 3 heteroatoms. The van der Waals surface area contributed by atoms with E-state index in [1.807, 2.05) is 11.3 Å². The third kappa shape index (κ3) is 4.90. The highest BCUT2D eigenvalue weighted by Gasteiger charge is 2.18. The molecule has 108 valence electrons. The Balaban J connectivity index is 1.80. The van der Waals surface area contributed by atoms with Gasteiger partial charge in [-0.2, -0.15) is 0 Å². The van der Waals surface area contributed by atoms with Gasteiger partial charge in [-0.05, 0) is 50.6 Å². The zero-order valence-corrected chi connectivity index (χ0v) is 13.1. The van der Waals surface area contributed by atoms with Crippen LogP contribution in [0.25, 0.3) is 0 Å². The van der Waals surface area contributed by atoms with Gasteiger partial charge in [0.15, 0.2) is 0 Å². The van der Waals surface area contributed by atoms with Gasteiger partial charge in [0.05, 0.1) is 0 Å². The summed E-state index contributed by atoms with van der Waals surface area (Å²) < 4.78 is 0. The summed E-state index contributed by atoms with van der Waals surface area (Å²) in [5.74, 6) is 0. The molecule has 0 bridgehead atoms. The highest BCUT2D eigenvalue weighted by atomic mass is 32.1. The van der Waals surface area contributed by atoms with E-state index in [4.69, 9.17) is 0 Å². The normalized spacial score (nSPS) is 23.8. The van der Waals surface area contributed by atoms with Gasteiger partial charge in [0, 0.05) is 23.0 Å². The third-order valence-corrected chi connectivity index (χ3v) is 5.07. The summed E-state index contributed by atoms with van der Waals surface area (Å²) in [5, 5.41) is 9.69. The molecule has 2 nitrogen and oxygen atoms in total. The van der Waals surface area contributed by atoms with Gasteiger partial charge in [0.1, 0.15) is 0 Å². The van der Waals surface area contributed by atoms with Crippen molar-refractivity contribution >= 4 is 11.3 Å². The lowest BCUT2D eigenvalue weighted by atomic mass is 10.0. The molecule has 2 heterocycles. The Hall–Kier alpha value is -0.380. The predicted molar refractivity (Wildman–Crippen MR) is 84.8 cm³/mol. The summed E-state index contributed by atoms with van der Waals surface area (Å²) in [5.41, 5.74) is 0. The van der Waals surface area contributed by atoms with E-state index >= 15 is 0 Å². The molecule has 0 aliphatic carbocycles. The van der Waals surface area contributed by atoms with Crippen molar-refractivity contribution in [3.05, 3.63) is 22.4 Å². The number of nitrogens with one attached hydrogen (secondary N) is 2. The van der Waals surface area contributed by atoms with Crippen LogP contribution in [0, 0.1) is 0 Å². The van der Waals surface area contributed by atoms with Crippen LogP contribution in [0.2, 0.25) is 0 Å². The van der Waals surface area contributed by atoms with E-state index in [-0.39, 0.29) is 0 Å². The zero-order valence-electron chi connectivity index (χ0n) is 12.3. The molecule has 19 heavy (non-hydrogen) atoms. The minimum atomic E-state index is 0.528. The van der Waals surface area contributed by atoms with Gasteiger partial charge < -0.3 is 10.6 Å². The summed E-state index contributed by atoms with van der Waals surface area (Å²) in [6, 6.07) is 6.24. The first-order valence-corrected chi connectivity index (χ1v) is 8.70. The summed E-state index contributed by atoms with van der Waals surface area (Å²) in [4.78, 5) is 1.48. The van der Waals surface area contributed by atoms with Crippen LogP contribution in [-0.2, 0) is 0 Å². The fourth-order valence-corrected chi connectivity index (χ4v) is 3.90. The molecular weight excluding hydrogens is 252 g/mol. The Morgan fingerprint density at radius 1 is 1.42 bits per heavy atom. The minimum Gasteiger partial charge on any atom is -0.314 e. The van der Waals surface area contributed by atoms with E-state index in [1.165, 1.54) is 49.9 Å². The largest absolute Gasteiger partial charge is 0.314 e. The molecule has 1 fully saturated rings. The third-order valence-electron chi connectivity index (χ3n) is 4.08. The van der Waals surface area contributed by atoms with E-state index in [0.717, 1.165) is 0 Å². The van der Waals surface area contributed by atoms with Crippen LogP contribution in [0.15, 0.2) is 17.5 Å². The van der Waals surface area contributed by atoms with Crippen molar-refractivity contribution in [2.24, 2.45) is 0 Å². The maximum atomic E-state index is 3.81. The lowest BCUT2D eigenvalue weighted by molar-refractivity contribution is 0.370. The standard InChI is InChI=1S/C16H28N2S/c1-3-15(16-9-7-11-19-16)18-13(2)12-14-8-5-4-6-10-17-14/h7,9,11,13-15,17-18H,3-6,8,10,12H2,1-2H3. The van der Waals surface area contributed by atoms with Crippen molar-refractivity contribution in [1.82, 2.24) is 10.6 Å². The van der Waals surface area contributed by atoms with Gasteiger partial charge in [-0.25, -0.2) is 0 Å². The van der Waals surface area contributed by atoms with E-state index < -0.39 is 0 Å². The summed E-state index contributed by atoms with van der Waals surface area (Å²) in [7, 11) is 0. The first-order chi connectivity index (χ1) is 9.29. The molecule has 2 rings (SSSR count). The molecule has 1 aliphatic heterocycles. The number of rotatable bonds is 6. The van der Waals surface area contributed by atoms with Gasteiger partial charge in [-0.1, -0.05) is 25.8 Å². The van der Waals surface area contributed by atoms with E-state index in [9.17, 15) is 0 Å².